The monoisotopic (exact) mass is 193 g/mol. The van der Waals surface area contributed by atoms with Gasteiger partial charge in [0, 0.05) is 7.11 Å². The van der Waals surface area contributed by atoms with Crippen molar-refractivity contribution in [2.75, 3.05) is 32.3 Å². The van der Waals surface area contributed by atoms with Crippen molar-refractivity contribution in [3.8, 4) is 0 Å². The van der Waals surface area contributed by atoms with E-state index in [1.165, 1.54) is 18.9 Å². The lowest BCUT2D eigenvalue weighted by Crippen LogP contribution is -2.41. The molecule has 0 radical (unpaired) electrons. The van der Waals surface area contributed by atoms with Gasteiger partial charge in [-0.2, -0.15) is 11.8 Å². The molecule has 2 N–H and O–H groups in total. The zero-order valence-electron chi connectivity index (χ0n) is 7.37. The number of nitrogens with one attached hydrogen (secondary N) is 1. The van der Waals surface area contributed by atoms with Crippen LogP contribution in [0, 0.1) is 0 Å². The number of amides is 1. The summed E-state index contributed by atoms with van der Waals surface area (Å²) in [5.41, 5.74) is 0. The highest BCUT2D eigenvalue weighted by atomic mass is 32.2. The third-order valence-corrected chi connectivity index (χ3v) is 1.78. The van der Waals surface area contributed by atoms with Gasteiger partial charge in [0.25, 0.3) is 0 Å². The zero-order chi connectivity index (χ0) is 9.40. The third-order valence-electron chi connectivity index (χ3n) is 1.23. The van der Waals surface area contributed by atoms with E-state index in [2.05, 4.69) is 5.32 Å². The lowest BCUT2D eigenvalue weighted by Gasteiger charge is -2.14. The smallest absolute Gasteiger partial charge is 0.230 e. The Morgan fingerprint density at radius 2 is 2.42 bits per heavy atom. The summed E-state index contributed by atoms with van der Waals surface area (Å²) in [7, 11) is 1.53. The topological polar surface area (TPSA) is 58.6 Å². The highest BCUT2D eigenvalue weighted by molar-refractivity contribution is 7.99. The first-order valence-electron chi connectivity index (χ1n) is 3.62. The van der Waals surface area contributed by atoms with Crippen LogP contribution in [-0.4, -0.2) is 49.4 Å². The van der Waals surface area contributed by atoms with Gasteiger partial charge in [0.05, 0.1) is 25.0 Å². The van der Waals surface area contributed by atoms with Gasteiger partial charge in [-0.05, 0) is 6.26 Å². The minimum atomic E-state index is -0.283. The van der Waals surface area contributed by atoms with Crippen molar-refractivity contribution in [3.05, 3.63) is 0 Å². The van der Waals surface area contributed by atoms with E-state index in [0.717, 1.165) is 0 Å². The van der Waals surface area contributed by atoms with E-state index in [1.807, 2.05) is 6.26 Å². The van der Waals surface area contributed by atoms with Crippen LogP contribution in [-0.2, 0) is 9.53 Å². The van der Waals surface area contributed by atoms with Gasteiger partial charge in [0.2, 0.25) is 5.91 Å². The van der Waals surface area contributed by atoms with Crippen LogP contribution in [0.3, 0.4) is 0 Å². The van der Waals surface area contributed by atoms with Crippen molar-refractivity contribution in [1.82, 2.24) is 5.32 Å². The molecule has 0 bridgehead atoms. The van der Waals surface area contributed by atoms with Gasteiger partial charge in [-0.25, -0.2) is 0 Å². The van der Waals surface area contributed by atoms with Crippen molar-refractivity contribution < 1.29 is 14.6 Å². The number of carbonyl (C=O) groups is 1. The summed E-state index contributed by atoms with van der Waals surface area (Å²) in [5.74, 6) is 0.346. The van der Waals surface area contributed by atoms with E-state index in [4.69, 9.17) is 9.84 Å². The lowest BCUT2D eigenvalue weighted by molar-refractivity contribution is -0.119. The molecule has 1 unspecified atom stereocenters. The largest absolute Gasteiger partial charge is 0.394 e. The molecule has 4 nitrogen and oxygen atoms in total. The number of rotatable bonds is 6. The van der Waals surface area contributed by atoms with E-state index in [1.54, 1.807) is 0 Å². The molecule has 0 saturated carbocycles. The SMILES string of the molecule is COCC(CO)NC(=O)CSC. The van der Waals surface area contributed by atoms with E-state index in [9.17, 15) is 4.79 Å². The fourth-order valence-electron chi connectivity index (χ4n) is 0.742. The summed E-state index contributed by atoms with van der Waals surface area (Å²) in [4.78, 5) is 11.0. The molecule has 0 aromatic rings. The summed E-state index contributed by atoms with van der Waals surface area (Å²) in [6, 6.07) is -0.283. The van der Waals surface area contributed by atoms with E-state index in [0.29, 0.717) is 12.4 Å². The molecule has 0 spiro atoms. The Kier molecular flexibility index (Phi) is 7.23. The van der Waals surface area contributed by atoms with Crippen molar-refractivity contribution in [1.29, 1.82) is 0 Å². The number of ether oxygens (including phenoxy) is 1. The summed E-state index contributed by atoms with van der Waals surface area (Å²) < 4.78 is 4.79. The van der Waals surface area contributed by atoms with Gasteiger partial charge >= 0.3 is 0 Å². The normalized spacial score (nSPS) is 12.6. The maximum Gasteiger partial charge on any atom is 0.230 e. The van der Waals surface area contributed by atoms with E-state index < -0.39 is 0 Å². The highest BCUT2D eigenvalue weighted by Gasteiger charge is 2.09. The minimum absolute atomic E-state index is 0.0707. The van der Waals surface area contributed by atoms with Crippen LogP contribution in [0.25, 0.3) is 0 Å². The number of methoxy groups -OCH3 is 1. The fourth-order valence-corrected chi connectivity index (χ4v) is 1.09. The minimum Gasteiger partial charge on any atom is -0.394 e. The second-order valence-corrected chi connectivity index (χ2v) is 3.20. The number of thioether (sulfide) groups is 1. The van der Waals surface area contributed by atoms with Crippen molar-refractivity contribution in [2.45, 2.75) is 6.04 Å². The Balaban J connectivity index is 3.61. The van der Waals surface area contributed by atoms with E-state index >= 15 is 0 Å². The van der Waals surface area contributed by atoms with Crippen molar-refractivity contribution in [3.63, 3.8) is 0 Å². The van der Waals surface area contributed by atoms with Gasteiger partial charge in [0.15, 0.2) is 0 Å². The fraction of sp³-hybridized carbons (Fsp3) is 0.857. The predicted molar refractivity (Wildman–Crippen MR) is 49.3 cm³/mol. The number of aliphatic hydroxyl groups excluding tert-OH is 1. The molecular formula is C7H15NO3S. The third kappa shape index (κ3) is 5.40. The molecule has 0 aromatic carbocycles. The molecular weight excluding hydrogens is 178 g/mol. The maximum absolute atomic E-state index is 11.0. The quantitative estimate of drug-likeness (QED) is 0.595. The highest BCUT2D eigenvalue weighted by Crippen LogP contribution is 1.91. The molecule has 1 atom stereocenters. The molecule has 0 aliphatic rings. The van der Waals surface area contributed by atoms with Crippen LogP contribution in [0.5, 0.6) is 0 Å². The number of carbonyl (C=O) groups excluding carboxylic acids is 1. The molecule has 1 amide bonds. The first-order chi connectivity index (χ1) is 5.74. The van der Waals surface area contributed by atoms with E-state index in [-0.39, 0.29) is 18.6 Å². The number of hydrogen-bond donors (Lipinski definition) is 2. The molecule has 5 heteroatoms. The summed E-state index contributed by atoms with van der Waals surface area (Å²) in [6.07, 6.45) is 1.85. The van der Waals surface area contributed by atoms with Crippen LogP contribution in [0.15, 0.2) is 0 Å². The zero-order valence-corrected chi connectivity index (χ0v) is 8.19. The molecule has 0 aliphatic carbocycles. The van der Waals surface area contributed by atoms with Gasteiger partial charge in [-0.3, -0.25) is 4.79 Å². The molecule has 0 rings (SSSR count). The second-order valence-electron chi connectivity index (χ2n) is 2.34. The Labute approximate surface area is 76.7 Å². The molecule has 0 saturated heterocycles. The van der Waals surface area contributed by atoms with Gasteiger partial charge in [-0.15, -0.1) is 0 Å². The van der Waals surface area contributed by atoms with Crippen LogP contribution in [0.4, 0.5) is 0 Å². The van der Waals surface area contributed by atoms with Gasteiger partial charge in [-0.1, -0.05) is 0 Å². The van der Waals surface area contributed by atoms with Crippen LogP contribution < -0.4 is 5.32 Å². The Hall–Kier alpha value is -0.260. The average Bonchev–Trinajstić information content (AvgIpc) is 2.04. The molecule has 0 fully saturated rings. The first kappa shape index (κ1) is 11.7. The Morgan fingerprint density at radius 3 is 2.83 bits per heavy atom. The summed E-state index contributed by atoms with van der Waals surface area (Å²) in [6.45, 7) is 0.255. The molecule has 72 valence electrons. The summed E-state index contributed by atoms with van der Waals surface area (Å²) in [5, 5.41) is 11.4. The average molecular weight is 193 g/mol. The standard InChI is InChI=1S/C7H15NO3S/c1-11-4-6(3-9)8-7(10)5-12-2/h6,9H,3-5H2,1-2H3,(H,8,10). The summed E-state index contributed by atoms with van der Waals surface area (Å²) >= 11 is 1.45. The molecule has 12 heavy (non-hydrogen) atoms. The number of hydrogen-bond acceptors (Lipinski definition) is 4. The van der Waals surface area contributed by atoms with Crippen LogP contribution in [0.2, 0.25) is 0 Å². The second kappa shape index (κ2) is 7.39. The molecule has 0 aromatic heterocycles. The predicted octanol–water partition coefficient (Wildman–Crippen LogP) is -0.527. The first-order valence-corrected chi connectivity index (χ1v) is 5.02. The maximum atomic E-state index is 11.0. The van der Waals surface area contributed by atoms with Gasteiger partial charge in [0.1, 0.15) is 0 Å². The van der Waals surface area contributed by atoms with Crippen molar-refractivity contribution >= 4 is 17.7 Å². The Bertz CT molecular complexity index is 132. The molecule has 0 aliphatic heterocycles. The van der Waals surface area contributed by atoms with Crippen molar-refractivity contribution in [2.24, 2.45) is 0 Å². The Morgan fingerprint density at radius 1 is 1.75 bits per heavy atom. The van der Waals surface area contributed by atoms with Gasteiger partial charge < -0.3 is 15.2 Å². The van der Waals surface area contributed by atoms with Crippen LogP contribution in [0.1, 0.15) is 0 Å². The van der Waals surface area contributed by atoms with Crippen LogP contribution >= 0.6 is 11.8 Å². The lowest BCUT2D eigenvalue weighted by atomic mass is 10.3. The number of aliphatic hydroxyl groups is 1. The molecule has 0 heterocycles.